The number of hydrogen-bond acceptors (Lipinski definition) is 8. The Kier molecular flexibility index (Phi) is 7.79. The van der Waals surface area contributed by atoms with Crippen LogP contribution in [0.2, 0.25) is 0 Å². The number of nitrogens with zero attached hydrogens (tertiary/aromatic N) is 3. The monoisotopic (exact) mass is 620 g/mol. The van der Waals surface area contributed by atoms with E-state index in [9.17, 15) is 36.7 Å². The van der Waals surface area contributed by atoms with Crippen molar-refractivity contribution in [2.45, 2.75) is 84.0 Å². The topological polar surface area (TPSA) is 146 Å². The average molecular weight is 621 g/mol. The van der Waals surface area contributed by atoms with Gasteiger partial charge in [-0.3, -0.25) is 9.69 Å². The zero-order valence-corrected chi connectivity index (χ0v) is 25.0. The maximum absolute atomic E-state index is 16.0. The fraction of sp³-hybridized carbons (Fsp3) is 0.654. The normalized spacial score (nSPS) is 21.5. The summed E-state index contributed by atoms with van der Waals surface area (Å²) in [5.41, 5.74) is -3.02. The minimum Gasteiger partial charge on any atom is -0.506 e. The maximum Gasteiger partial charge on any atom is 0.415 e. The Morgan fingerprint density at radius 2 is 1.71 bits per heavy atom. The fourth-order valence-corrected chi connectivity index (χ4v) is 6.37. The van der Waals surface area contributed by atoms with Crippen LogP contribution in [0, 0.1) is 11.7 Å². The first-order chi connectivity index (χ1) is 19.1. The molecule has 12 nitrogen and oxygen atoms in total. The molecule has 0 spiro atoms. The molecule has 3 amide bonds. The number of fused-ring (bicyclic) bond motifs is 1. The highest BCUT2D eigenvalue weighted by atomic mass is 32.2. The summed E-state index contributed by atoms with van der Waals surface area (Å²) in [7, 11) is -4.49. The van der Waals surface area contributed by atoms with Crippen molar-refractivity contribution in [3.63, 3.8) is 0 Å². The molecule has 1 aromatic carbocycles. The first-order valence-electron chi connectivity index (χ1n) is 13.3. The Balaban J connectivity index is 1.73. The van der Waals surface area contributed by atoms with Crippen molar-refractivity contribution in [2.24, 2.45) is 5.92 Å². The number of rotatable bonds is 5. The molecule has 42 heavy (non-hydrogen) atoms. The number of aromatic hydroxyl groups is 1. The van der Waals surface area contributed by atoms with Crippen molar-refractivity contribution < 1.29 is 50.6 Å². The van der Waals surface area contributed by atoms with E-state index in [2.05, 4.69) is 0 Å². The van der Waals surface area contributed by atoms with Gasteiger partial charge in [-0.1, -0.05) is 0 Å². The van der Waals surface area contributed by atoms with Crippen LogP contribution in [-0.2, 0) is 30.9 Å². The molecule has 1 aromatic rings. The first-order valence-corrected chi connectivity index (χ1v) is 14.8. The molecule has 0 unspecified atom stereocenters. The van der Waals surface area contributed by atoms with Crippen molar-refractivity contribution in [3.05, 3.63) is 17.4 Å². The maximum atomic E-state index is 16.0. The molecule has 16 heteroatoms. The molecule has 2 fully saturated rings. The van der Waals surface area contributed by atoms with Crippen LogP contribution in [0.5, 0.6) is 5.75 Å². The van der Waals surface area contributed by atoms with Gasteiger partial charge < -0.3 is 19.5 Å². The van der Waals surface area contributed by atoms with Crippen LogP contribution in [0.1, 0.15) is 59.9 Å². The van der Waals surface area contributed by atoms with Gasteiger partial charge in [0.05, 0.1) is 11.7 Å². The predicted octanol–water partition coefficient (Wildman–Crippen LogP) is 3.66. The van der Waals surface area contributed by atoms with E-state index in [0.29, 0.717) is 4.31 Å². The second kappa shape index (κ2) is 10.4. The predicted molar refractivity (Wildman–Crippen MR) is 144 cm³/mol. The summed E-state index contributed by atoms with van der Waals surface area (Å²) in [5, 5.41) is 10.7. The van der Waals surface area contributed by atoms with E-state index in [1.807, 2.05) is 0 Å². The Bertz CT molecular complexity index is 1400. The third-order valence-electron chi connectivity index (χ3n) is 6.76. The molecule has 1 atom stereocenters. The molecule has 1 aliphatic carbocycles. The molecule has 0 aromatic heterocycles. The molecule has 0 bridgehead atoms. The van der Waals surface area contributed by atoms with Gasteiger partial charge in [-0.2, -0.15) is 8.42 Å². The zero-order chi connectivity index (χ0) is 31.6. The van der Waals surface area contributed by atoms with Crippen LogP contribution in [-0.4, -0.2) is 79.3 Å². The standard InChI is InChI=1S/C26H35F3N4O8S/c1-24(2,3)40-22(36)31(11-14-9-26(28,29)10-14)12-15-7-16-17(33(15)23(37)41-25(4,5)6)8-18(34)21(20(16)27)32-13-19(35)30-42(32,38)39/h8,14-15,34H,7,9-13H2,1-6H3,(H,30,35)/t15-/m1/s1. The summed E-state index contributed by atoms with van der Waals surface area (Å²) in [4.78, 5) is 40.6. The second-order valence-electron chi connectivity index (χ2n) is 12.8. The molecular weight excluding hydrogens is 585 g/mol. The number of halogens is 3. The second-order valence-corrected chi connectivity index (χ2v) is 14.4. The minimum absolute atomic E-state index is 0.113. The SMILES string of the molecule is CC(C)(C)OC(=O)N(CC1CC(F)(F)C1)C[C@H]1Cc2c(cc(O)c(N3CC(=O)NS3(=O)=O)c2F)N1C(=O)OC(C)(C)C. The lowest BCUT2D eigenvalue weighted by atomic mass is 9.81. The summed E-state index contributed by atoms with van der Waals surface area (Å²) in [5.74, 6) is -6.37. The zero-order valence-electron chi connectivity index (χ0n) is 24.2. The Hall–Kier alpha value is -3.43. The largest absolute Gasteiger partial charge is 0.506 e. The first kappa shape index (κ1) is 31.5. The molecular formula is C26H35F3N4O8S. The van der Waals surface area contributed by atoms with E-state index in [-0.39, 0.29) is 30.8 Å². The summed E-state index contributed by atoms with van der Waals surface area (Å²) in [6.45, 7) is 8.53. The average Bonchev–Trinajstić information content (AvgIpc) is 3.25. The number of ether oxygens (including phenoxy) is 2. The lowest BCUT2D eigenvalue weighted by Crippen LogP contribution is -2.52. The van der Waals surface area contributed by atoms with Gasteiger partial charge in [-0.05, 0) is 47.5 Å². The van der Waals surface area contributed by atoms with E-state index in [1.54, 1.807) is 46.3 Å². The van der Waals surface area contributed by atoms with Crippen molar-refractivity contribution in [1.29, 1.82) is 0 Å². The fourth-order valence-electron chi connectivity index (χ4n) is 5.20. The van der Waals surface area contributed by atoms with Gasteiger partial charge in [0.25, 0.3) is 5.91 Å². The molecule has 2 aliphatic heterocycles. The smallest absolute Gasteiger partial charge is 0.415 e. The number of benzene rings is 1. The third-order valence-corrected chi connectivity index (χ3v) is 8.14. The van der Waals surface area contributed by atoms with Crippen molar-refractivity contribution in [3.8, 4) is 5.75 Å². The number of anilines is 2. The molecule has 3 aliphatic rings. The summed E-state index contributed by atoms with van der Waals surface area (Å²) in [6, 6.07) is -0.0256. The molecule has 2 N–H and O–H groups in total. The Morgan fingerprint density at radius 1 is 1.12 bits per heavy atom. The van der Waals surface area contributed by atoms with Crippen LogP contribution in [0.25, 0.3) is 0 Å². The molecule has 234 valence electrons. The third kappa shape index (κ3) is 6.63. The van der Waals surface area contributed by atoms with Crippen LogP contribution >= 0.6 is 0 Å². The number of hydrogen-bond donors (Lipinski definition) is 2. The van der Waals surface area contributed by atoms with Gasteiger partial charge >= 0.3 is 22.4 Å². The van der Waals surface area contributed by atoms with Crippen molar-refractivity contribution in [1.82, 2.24) is 9.62 Å². The number of carbonyl (C=O) groups excluding carboxylic acids is 3. The van der Waals surface area contributed by atoms with Gasteiger partial charge in [-0.25, -0.2) is 31.8 Å². The summed E-state index contributed by atoms with van der Waals surface area (Å²) < 4.78 is 81.1. The van der Waals surface area contributed by atoms with E-state index in [1.165, 1.54) is 4.90 Å². The van der Waals surface area contributed by atoms with Crippen molar-refractivity contribution >= 4 is 39.7 Å². The quantitative estimate of drug-likeness (QED) is 0.507. The van der Waals surface area contributed by atoms with E-state index in [4.69, 9.17) is 9.47 Å². The van der Waals surface area contributed by atoms with Gasteiger partial charge in [-0.15, -0.1) is 0 Å². The minimum atomic E-state index is -4.49. The number of amides is 3. The number of phenols is 1. The molecule has 4 rings (SSSR count). The van der Waals surface area contributed by atoms with E-state index >= 15 is 4.39 Å². The van der Waals surface area contributed by atoms with Crippen LogP contribution in [0.15, 0.2) is 6.07 Å². The number of alkyl halides is 2. The summed E-state index contributed by atoms with van der Waals surface area (Å²) >= 11 is 0. The van der Waals surface area contributed by atoms with E-state index < -0.39 is 94.0 Å². The molecule has 2 heterocycles. The van der Waals surface area contributed by atoms with Crippen molar-refractivity contribution in [2.75, 3.05) is 28.8 Å². The number of phenolic OH excluding ortho intramolecular Hbond substituents is 1. The number of nitrogens with one attached hydrogen (secondary N) is 1. The Labute approximate surface area is 241 Å². The van der Waals surface area contributed by atoms with E-state index in [0.717, 1.165) is 11.0 Å². The van der Waals surface area contributed by atoms with Gasteiger partial charge in [0.2, 0.25) is 5.92 Å². The lowest BCUT2D eigenvalue weighted by molar-refractivity contribution is -0.117. The van der Waals surface area contributed by atoms with Crippen LogP contribution < -0.4 is 13.9 Å². The molecule has 1 saturated carbocycles. The highest BCUT2D eigenvalue weighted by Gasteiger charge is 2.48. The number of carbonyl (C=O) groups is 3. The molecule has 1 saturated heterocycles. The van der Waals surface area contributed by atoms with Crippen LogP contribution in [0.3, 0.4) is 0 Å². The van der Waals surface area contributed by atoms with Crippen LogP contribution in [0.4, 0.5) is 34.1 Å². The van der Waals surface area contributed by atoms with Gasteiger partial charge in [0.1, 0.15) is 29.2 Å². The Morgan fingerprint density at radius 3 is 2.21 bits per heavy atom. The van der Waals surface area contributed by atoms with Gasteiger partial charge in [0.15, 0.2) is 5.82 Å². The lowest BCUT2D eigenvalue weighted by Gasteiger charge is -2.40. The summed E-state index contributed by atoms with van der Waals surface area (Å²) in [6.07, 6.45) is -2.90. The highest BCUT2D eigenvalue weighted by Crippen LogP contribution is 2.46. The highest BCUT2D eigenvalue weighted by molar-refractivity contribution is 7.92. The molecule has 0 radical (unpaired) electrons. The van der Waals surface area contributed by atoms with Gasteiger partial charge in [0, 0.05) is 44.0 Å².